The van der Waals surface area contributed by atoms with Gasteiger partial charge in [0, 0.05) is 32.2 Å². The predicted molar refractivity (Wildman–Crippen MR) is 83.2 cm³/mol. The summed E-state index contributed by atoms with van der Waals surface area (Å²) in [7, 11) is 4.13. The predicted octanol–water partition coefficient (Wildman–Crippen LogP) is 2.35. The van der Waals surface area contributed by atoms with Crippen LogP contribution in [0.2, 0.25) is 0 Å². The van der Waals surface area contributed by atoms with Gasteiger partial charge < -0.3 is 10.6 Å². The summed E-state index contributed by atoms with van der Waals surface area (Å²) in [5.41, 5.74) is 6.92. The van der Waals surface area contributed by atoms with Crippen LogP contribution in [0.4, 0.5) is 4.39 Å². The third kappa shape index (κ3) is 5.57. The number of nitrogens with two attached hydrogens (primary N) is 1. The summed E-state index contributed by atoms with van der Waals surface area (Å²) >= 11 is 0. The third-order valence-corrected chi connectivity index (χ3v) is 3.33. The molecule has 4 heteroatoms. The number of halogens is 1. The lowest BCUT2D eigenvalue weighted by molar-refractivity contribution is 0.163. The molecule has 0 aliphatic carbocycles. The second kappa shape index (κ2) is 8.35. The second-order valence-electron chi connectivity index (χ2n) is 6.00. The molecule has 0 saturated carbocycles. The summed E-state index contributed by atoms with van der Waals surface area (Å²) in [6, 6.07) is 6.87. The van der Waals surface area contributed by atoms with Gasteiger partial charge in [0.15, 0.2) is 0 Å². The van der Waals surface area contributed by atoms with Crippen molar-refractivity contribution >= 4 is 0 Å². The SMILES string of the molecule is CC(C)CN(CCN(C)C)C(CN)c1cccc(F)c1. The van der Waals surface area contributed by atoms with Gasteiger partial charge in [0.2, 0.25) is 0 Å². The van der Waals surface area contributed by atoms with E-state index in [-0.39, 0.29) is 11.9 Å². The van der Waals surface area contributed by atoms with Crippen LogP contribution in [0.25, 0.3) is 0 Å². The van der Waals surface area contributed by atoms with Gasteiger partial charge in [-0.25, -0.2) is 4.39 Å². The molecule has 1 aromatic rings. The average molecular weight is 281 g/mol. The van der Waals surface area contributed by atoms with Gasteiger partial charge in [-0.3, -0.25) is 4.90 Å². The van der Waals surface area contributed by atoms with Crippen molar-refractivity contribution in [3.8, 4) is 0 Å². The van der Waals surface area contributed by atoms with E-state index >= 15 is 0 Å². The van der Waals surface area contributed by atoms with E-state index in [1.165, 1.54) is 6.07 Å². The zero-order valence-electron chi connectivity index (χ0n) is 13.1. The summed E-state index contributed by atoms with van der Waals surface area (Å²) in [5, 5.41) is 0. The Labute approximate surface area is 122 Å². The van der Waals surface area contributed by atoms with Gasteiger partial charge in [0.1, 0.15) is 5.82 Å². The minimum atomic E-state index is -0.196. The van der Waals surface area contributed by atoms with Crippen molar-refractivity contribution in [2.75, 3.05) is 40.3 Å². The average Bonchev–Trinajstić information content (AvgIpc) is 2.36. The minimum absolute atomic E-state index is 0.0769. The van der Waals surface area contributed by atoms with E-state index in [9.17, 15) is 4.39 Å². The monoisotopic (exact) mass is 281 g/mol. The fourth-order valence-corrected chi connectivity index (χ4v) is 2.38. The number of hydrogen-bond donors (Lipinski definition) is 1. The van der Waals surface area contributed by atoms with Gasteiger partial charge in [-0.2, -0.15) is 0 Å². The first-order valence-electron chi connectivity index (χ1n) is 7.28. The molecular formula is C16H28FN3. The number of nitrogens with zero attached hydrogens (tertiary/aromatic N) is 2. The zero-order valence-corrected chi connectivity index (χ0v) is 13.1. The van der Waals surface area contributed by atoms with Gasteiger partial charge in [-0.1, -0.05) is 26.0 Å². The van der Waals surface area contributed by atoms with Crippen LogP contribution in [-0.2, 0) is 0 Å². The lowest BCUT2D eigenvalue weighted by Gasteiger charge is -2.33. The first-order chi connectivity index (χ1) is 9.43. The van der Waals surface area contributed by atoms with E-state index in [0.717, 1.165) is 25.2 Å². The van der Waals surface area contributed by atoms with E-state index in [2.05, 4.69) is 37.7 Å². The summed E-state index contributed by atoms with van der Waals surface area (Å²) in [5.74, 6) is 0.359. The van der Waals surface area contributed by atoms with Crippen LogP contribution in [0, 0.1) is 11.7 Å². The zero-order chi connectivity index (χ0) is 15.1. The largest absolute Gasteiger partial charge is 0.329 e. The van der Waals surface area contributed by atoms with Gasteiger partial charge in [0.05, 0.1) is 0 Å². The molecule has 0 aromatic heterocycles. The van der Waals surface area contributed by atoms with Crippen molar-refractivity contribution in [1.29, 1.82) is 0 Å². The van der Waals surface area contributed by atoms with Crippen molar-refractivity contribution in [3.05, 3.63) is 35.6 Å². The minimum Gasteiger partial charge on any atom is -0.329 e. The molecule has 0 amide bonds. The quantitative estimate of drug-likeness (QED) is 0.794. The highest BCUT2D eigenvalue weighted by atomic mass is 19.1. The Hall–Kier alpha value is -0.970. The van der Waals surface area contributed by atoms with Crippen molar-refractivity contribution in [2.24, 2.45) is 11.7 Å². The Morgan fingerprint density at radius 1 is 1.20 bits per heavy atom. The Kier molecular flexibility index (Phi) is 7.13. The van der Waals surface area contributed by atoms with Gasteiger partial charge >= 0.3 is 0 Å². The summed E-state index contributed by atoms with van der Waals surface area (Å²) in [4.78, 5) is 4.52. The standard InChI is InChI=1S/C16H28FN3/c1-13(2)12-20(9-8-19(3)4)16(11-18)14-6-5-7-15(17)10-14/h5-7,10,13,16H,8-9,11-12,18H2,1-4H3. The van der Waals surface area contributed by atoms with Crippen molar-refractivity contribution in [3.63, 3.8) is 0 Å². The fraction of sp³-hybridized carbons (Fsp3) is 0.625. The van der Waals surface area contributed by atoms with E-state index < -0.39 is 0 Å². The first kappa shape index (κ1) is 17.1. The molecule has 0 heterocycles. The highest BCUT2D eigenvalue weighted by molar-refractivity contribution is 5.20. The lowest BCUT2D eigenvalue weighted by atomic mass is 10.0. The molecule has 0 fully saturated rings. The highest BCUT2D eigenvalue weighted by Crippen LogP contribution is 2.21. The molecule has 0 radical (unpaired) electrons. The maximum absolute atomic E-state index is 13.4. The fourth-order valence-electron chi connectivity index (χ4n) is 2.38. The van der Waals surface area contributed by atoms with Crippen LogP contribution in [0.1, 0.15) is 25.5 Å². The number of benzene rings is 1. The second-order valence-corrected chi connectivity index (χ2v) is 6.00. The topological polar surface area (TPSA) is 32.5 Å². The molecule has 1 unspecified atom stereocenters. The molecule has 0 saturated heterocycles. The van der Waals surface area contributed by atoms with Crippen LogP contribution in [0.3, 0.4) is 0 Å². The molecule has 114 valence electrons. The van der Waals surface area contributed by atoms with Crippen LogP contribution in [-0.4, -0.2) is 50.1 Å². The summed E-state index contributed by atoms with van der Waals surface area (Å²) < 4.78 is 13.4. The molecule has 1 aromatic carbocycles. The Morgan fingerprint density at radius 3 is 2.40 bits per heavy atom. The van der Waals surface area contributed by atoms with Crippen LogP contribution < -0.4 is 5.73 Å². The maximum Gasteiger partial charge on any atom is 0.123 e. The van der Waals surface area contributed by atoms with Crippen LogP contribution in [0.5, 0.6) is 0 Å². The van der Waals surface area contributed by atoms with Crippen molar-refractivity contribution in [2.45, 2.75) is 19.9 Å². The van der Waals surface area contributed by atoms with Crippen molar-refractivity contribution in [1.82, 2.24) is 9.80 Å². The van der Waals surface area contributed by atoms with E-state index in [4.69, 9.17) is 5.73 Å². The molecular weight excluding hydrogens is 253 g/mol. The van der Waals surface area contributed by atoms with E-state index in [1.807, 2.05) is 6.07 Å². The molecule has 1 atom stereocenters. The van der Waals surface area contributed by atoms with Gasteiger partial charge in [-0.05, 0) is 37.7 Å². The molecule has 0 bridgehead atoms. The smallest absolute Gasteiger partial charge is 0.123 e. The van der Waals surface area contributed by atoms with Gasteiger partial charge in [0.25, 0.3) is 0 Å². The Morgan fingerprint density at radius 2 is 1.90 bits per heavy atom. The molecule has 1 rings (SSSR count). The molecule has 0 spiro atoms. The molecule has 0 aliphatic rings. The molecule has 0 aliphatic heterocycles. The Bertz CT molecular complexity index is 393. The maximum atomic E-state index is 13.4. The van der Waals surface area contributed by atoms with Crippen LogP contribution >= 0.6 is 0 Å². The summed E-state index contributed by atoms with van der Waals surface area (Å²) in [6.45, 7) is 7.77. The number of likely N-dealkylation sites (N-methyl/N-ethyl adjacent to an activating group) is 1. The van der Waals surface area contributed by atoms with E-state index in [1.54, 1.807) is 12.1 Å². The highest BCUT2D eigenvalue weighted by Gasteiger charge is 2.20. The third-order valence-electron chi connectivity index (χ3n) is 3.33. The molecule has 2 N–H and O–H groups in total. The van der Waals surface area contributed by atoms with Crippen molar-refractivity contribution < 1.29 is 4.39 Å². The van der Waals surface area contributed by atoms with E-state index in [0.29, 0.717) is 12.5 Å². The lowest BCUT2D eigenvalue weighted by Crippen LogP contribution is -2.40. The normalized spacial score (nSPS) is 13.4. The number of rotatable bonds is 8. The first-order valence-corrected chi connectivity index (χ1v) is 7.28. The summed E-state index contributed by atoms with van der Waals surface area (Å²) in [6.07, 6.45) is 0. The molecule has 3 nitrogen and oxygen atoms in total. The van der Waals surface area contributed by atoms with Crippen LogP contribution in [0.15, 0.2) is 24.3 Å². The van der Waals surface area contributed by atoms with Gasteiger partial charge in [-0.15, -0.1) is 0 Å². The Balaban J connectivity index is 2.88. The number of hydrogen-bond acceptors (Lipinski definition) is 3. The molecule has 20 heavy (non-hydrogen) atoms.